The number of benzene rings is 2. The molecular formula is C17H18O2. The van der Waals surface area contributed by atoms with Gasteiger partial charge in [-0.1, -0.05) is 73.3 Å². The normalized spacial score (nSPS) is 15.5. The minimum absolute atomic E-state index is 0.151. The van der Waals surface area contributed by atoms with Crippen LogP contribution in [0, 0.1) is 0 Å². The molecule has 0 heterocycles. The Morgan fingerprint density at radius 1 is 1.00 bits per heavy atom. The zero-order valence-corrected chi connectivity index (χ0v) is 10.7. The maximum atomic E-state index is 10.9. The van der Waals surface area contributed by atoms with Crippen molar-refractivity contribution in [2.45, 2.75) is 11.5 Å². The topological polar surface area (TPSA) is 40.5 Å². The third-order valence-corrected chi connectivity index (χ3v) is 3.46. The van der Waals surface area contributed by atoms with Crippen LogP contribution < -0.4 is 0 Å². The number of hydrogen-bond donors (Lipinski definition) is 2. The third kappa shape index (κ3) is 2.60. The van der Waals surface area contributed by atoms with Gasteiger partial charge in [-0.25, -0.2) is 0 Å². The average Bonchev–Trinajstić information content (AvgIpc) is 2.49. The summed E-state index contributed by atoms with van der Waals surface area (Å²) in [6.45, 7) is 3.59. The summed E-state index contributed by atoms with van der Waals surface area (Å²) in [5.41, 5.74) is 0.335. The molecule has 0 radical (unpaired) electrons. The molecule has 0 fully saturated rings. The molecule has 0 saturated carbocycles. The monoisotopic (exact) mass is 254 g/mol. The van der Waals surface area contributed by atoms with Crippen molar-refractivity contribution in [1.82, 2.24) is 0 Å². The molecule has 2 nitrogen and oxygen atoms in total. The molecule has 2 aromatic rings. The van der Waals surface area contributed by atoms with E-state index in [4.69, 9.17) is 0 Å². The first-order valence-corrected chi connectivity index (χ1v) is 6.29. The van der Waals surface area contributed by atoms with Crippen LogP contribution in [0.15, 0.2) is 73.3 Å². The average molecular weight is 254 g/mol. The van der Waals surface area contributed by atoms with E-state index in [0.717, 1.165) is 11.1 Å². The van der Waals surface area contributed by atoms with E-state index < -0.39 is 11.5 Å². The van der Waals surface area contributed by atoms with Crippen LogP contribution in [0.25, 0.3) is 0 Å². The predicted octanol–water partition coefficient (Wildman–Crippen LogP) is 2.84. The lowest BCUT2D eigenvalue weighted by Crippen LogP contribution is -2.33. The van der Waals surface area contributed by atoms with E-state index in [1.807, 2.05) is 60.7 Å². The summed E-state index contributed by atoms with van der Waals surface area (Å²) in [5.74, 6) is -0.436. The van der Waals surface area contributed by atoms with Crippen molar-refractivity contribution >= 4 is 0 Å². The van der Waals surface area contributed by atoms with Crippen molar-refractivity contribution in [3.63, 3.8) is 0 Å². The van der Waals surface area contributed by atoms with Crippen molar-refractivity contribution < 1.29 is 10.2 Å². The molecule has 0 amide bonds. The molecule has 2 aromatic carbocycles. The first-order valence-electron chi connectivity index (χ1n) is 6.29. The molecule has 2 heteroatoms. The van der Waals surface area contributed by atoms with E-state index in [1.165, 1.54) is 6.08 Å². The van der Waals surface area contributed by atoms with E-state index in [1.54, 1.807) is 0 Å². The second-order valence-electron chi connectivity index (χ2n) is 4.54. The van der Waals surface area contributed by atoms with Gasteiger partial charge in [0.15, 0.2) is 0 Å². The van der Waals surface area contributed by atoms with Crippen LogP contribution >= 0.6 is 0 Å². The largest absolute Gasteiger partial charge is 0.396 e. The highest BCUT2D eigenvalue weighted by Gasteiger charge is 2.36. The zero-order chi connectivity index (χ0) is 13.7. The van der Waals surface area contributed by atoms with Gasteiger partial charge in [0.2, 0.25) is 0 Å². The SMILES string of the molecule is C=C[C@@](O)(c1ccccc1)[C@@H](CO)c1ccccc1. The van der Waals surface area contributed by atoms with Crippen molar-refractivity contribution in [2.75, 3.05) is 6.61 Å². The van der Waals surface area contributed by atoms with Crippen LogP contribution in [-0.2, 0) is 5.60 Å². The molecule has 0 aliphatic carbocycles. The van der Waals surface area contributed by atoms with Gasteiger partial charge in [-0.2, -0.15) is 0 Å². The Bertz CT molecular complexity index is 521. The summed E-state index contributed by atoms with van der Waals surface area (Å²) in [6.07, 6.45) is 1.50. The molecule has 0 unspecified atom stereocenters. The minimum atomic E-state index is -1.28. The van der Waals surface area contributed by atoms with E-state index in [-0.39, 0.29) is 6.61 Å². The van der Waals surface area contributed by atoms with E-state index in [2.05, 4.69) is 6.58 Å². The van der Waals surface area contributed by atoms with Gasteiger partial charge in [-0.3, -0.25) is 0 Å². The molecule has 0 aliphatic rings. The fourth-order valence-corrected chi connectivity index (χ4v) is 2.35. The van der Waals surface area contributed by atoms with Crippen LogP contribution in [0.3, 0.4) is 0 Å². The number of hydrogen-bond acceptors (Lipinski definition) is 2. The zero-order valence-electron chi connectivity index (χ0n) is 10.7. The summed E-state index contributed by atoms with van der Waals surface area (Å²) >= 11 is 0. The van der Waals surface area contributed by atoms with Gasteiger partial charge in [0.05, 0.1) is 6.61 Å². The highest BCUT2D eigenvalue weighted by molar-refractivity contribution is 5.35. The second kappa shape index (κ2) is 5.83. The Morgan fingerprint density at radius 3 is 2.00 bits per heavy atom. The quantitative estimate of drug-likeness (QED) is 0.805. The van der Waals surface area contributed by atoms with E-state index >= 15 is 0 Å². The lowest BCUT2D eigenvalue weighted by atomic mass is 9.78. The van der Waals surface area contributed by atoms with Crippen LogP contribution in [-0.4, -0.2) is 16.8 Å². The molecule has 0 saturated heterocycles. The number of rotatable bonds is 5. The summed E-state index contributed by atoms with van der Waals surface area (Å²) in [4.78, 5) is 0. The standard InChI is InChI=1S/C17H18O2/c1-2-17(19,15-11-7-4-8-12-15)16(13-18)14-9-5-3-6-10-14/h2-12,16,18-19H,1,13H2/t16-,17+/m0/s1. The molecule has 2 atom stereocenters. The summed E-state index contributed by atoms with van der Waals surface area (Å²) < 4.78 is 0. The van der Waals surface area contributed by atoms with E-state index in [0.29, 0.717) is 0 Å². The molecular weight excluding hydrogens is 236 g/mol. The minimum Gasteiger partial charge on any atom is -0.396 e. The highest BCUT2D eigenvalue weighted by Crippen LogP contribution is 2.37. The van der Waals surface area contributed by atoms with Crippen molar-refractivity contribution in [1.29, 1.82) is 0 Å². The molecule has 98 valence electrons. The predicted molar refractivity (Wildman–Crippen MR) is 76.8 cm³/mol. The van der Waals surface area contributed by atoms with Crippen LogP contribution in [0.4, 0.5) is 0 Å². The Kier molecular flexibility index (Phi) is 4.15. The van der Waals surface area contributed by atoms with Gasteiger partial charge in [-0.05, 0) is 11.1 Å². The van der Waals surface area contributed by atoms with Gasteiger partial charge in [0.1, 0.15) is 5.60 Å². The van der Waals surface area contributed by atoms with E-state index in [9.17, 15) is 10.2 Å². The molecule has 0 aliphatic heterocycles. The first-order chi connectivity index (χ1) is 9.22. The molecule has 0 aromatic heterocycles. The number of aliphatic hydroxyl groups excluding tert-OH is 1. The maximum absolute atomic E-state index is 10.9. The first kappa shape index (κ1) is 13.5. The van der Waals surface area contributed by atoms with Crippen molar-refractivity contribution in [3.05, 3.63) is 84.4 Å². The maximum Gasteiger partial charge on any atom is 0.116 e. The fourth-order valence-electron chi connectivity index (χ4n) is 2.35. The fraction of sp³-hybridized carbons (Fsp3) is 0.176. The van der Waals surface area contributed by atoms with Crippen LogP contribution in [0.1, 0.15) is 17.0 Å². The van der Waals surface area contributed by atoms with Crippen molar-refractivity contribution in [3.8, 4) is 0 Å². The van der Waals surface area contributed by atoms with Gasteiger partial charge in [-0.15, -0.1) is 0 Å². The van der Waals surface area contributed by atoms with Gasteiger partial charge in [0.25, 0.3) is 0 Å². The molecule has 19 heavy (non-hydrogen) atoms. The Balaban J connectivity index is 2.47. The van der Waals surface area contributed by atoms with Gasteiger partial charge >= 0.3 is 0 Å². The van der Waals surface area contributed by atoms with Crippen LogP contribution in [0.2, 0.25) is 0 Å². The summed E-state index contributed by atoms with van der Waals surface area (Å²) in [7, 11) is 0. The van der Waals surface area contributed by atoms with Gasteiger partial charge in [0, 0.05) is 5.92 Å². The second-order valence-corrected chi connectivity index (χ2v) is 4.54. The third-order valence-electron chi connectivity index (χ3n) is 3.46. The molecule has 0 spiro atoms. The Morgan fingerprint density at radius 2 is 1.53 bits per heavy atom. The van der Waals surface area contributed by atoms with Crippen LogP contribution in [0.5, 0.6) is 0 Å². The lowest BCUT2D eigenvalue weighted by molar-refractivity contribution is 0.0337. The molecule has 2 N–H and O–H groups in total. The highest BCUT2D eigenvalue weighted by atomic mass is 16.3. The number of aliphatic hydroxyl groups is 2. The van der Waals surface area contributed by atoms with Crippen molar-refractivity contribution in [2.24, 2.45) is 0 Å². The summed E-state index contributed by atoms with van der Waals surface area (Å²) in [6, 6.07) is 18.8. The smallest absolute Gasteiger partial charge is 0.116 e. The lowest BCUT2D eigenvalue weighted by Gasteiger charge is -2.33. The Labute approximate surface area is 113 Å². The molecule has 0 bridgehead atoms. The van der Waals surface area contributed by atoms with Gasteiger partial charge < -0.3 is 10.2 Å². The Hall–Kier alpha value is -1.90. The summed E-state index contributed by atoms with van der Waals surface area (Å²) in [5, 5.41) is 20.6. The molecule has 2 rings (SSSR count).